The number of nitrogens with zero attached hydrogens (tertiary/aromatic N) is 1. The molecule has 0 aromatic heterocycles. The molecule has 3 N–H and O–H groups in total. The molecule has 148 valence electrons. The summed E-state index contributed by atoms with van der Waals surface area (Å²) in [6.07, 6.45) is 0.137. The van der Waals surface area contributed by atoms with Crippen molar-refractivity contribution >= 4 is 17.8 Å². The molecule has 1 saturated heterocycles. The first kappa shape index (κ1) is 20.9. The van der Waals surface area contributed by atoms with Crippen LogP contribution in [-0.4, -0.2) is 63.7 Å². The maximum Gasteiger partial charge on any atom is 0.326 e. The Labute approximate surface area is 158 Å². The van der Waals surface area contributed by atoms with Gasteiger partial charge in [-0.25, -0.2) is 4.79 Å². The van der Waals surface area contributed by atoms with Gasteiger partial charge in [-0.05, 0) is 18.9 Å². The second-order valence-corrected chi connectivity index (χ2v) is 6.69. The van der Waals surface area contributed by atoms with Crippen LogP contribution in [0, 0.1) is 0 Å². The fourth-order valence-electron chi connectivity index (χ4n) is 3.17. The zero-order valence-electron chi connectivity index (χ0n) is 15.5. The lowest BCUT2D eigenvalue weighted by molar-refractivity contribution is -0.149. The fourth-order valence-corrected chi connectivity index (χ4v) is 3.17. The maximum atomic E-state index is 12.7. The summed E-state index contributed by atoms with van der Waals surface area (Å²) in [6.45, 7) is 3.75. The van der Waals surface area contributed by atoms with Crippen LogP contribution in [0.1, 0.15) is 32.3 Å². The largest absolute Gasteiger partial charge is 0.480 e. The van der Waals surface area contributed by atoms with Gasteiger partial charge < -0.3 is 19.8 Å². The highest BCUT2D eigenvalue weighted by Crippen LogP contribution is 2.23. The number of carbonyl (C=O) groups is 3. The van der Waals surface area contributed by atoms with E-state index in [2.05, 4.69) is 5.32 Å². The Bertz CT molecular complexity index is 665. The zero-order chi connectivity index (χ0) is 20.0. The lowest BCUT2D eigenvalue weighted by atomic mass is 10.1. The number of ether oxygens (including phenoxy) is 1. The number of benzene rings is 1. The summed E-state index contributed by atoms with van der Waals surface area (Å²) in [5.41, 5.74) is 0.969. The number of aliphatic carboxylic acids is 2. The van der Waals surface area contributed by atoms with Gasteiger partial charge >= 0.3 is 11.9 Å². The lowest BCUT2D eigenvalue weighted by Gasteiger charge is -2.26. The van der Waals surface area contributed by atoms with Crippen molar-refractivity contribution in [1.29, 1.82) is 0 Å². The Hall–Kier alpha value is -2.45. The molecule has 0 saturated carbocycles. The van der Waals surface area contributed by atoms with Crippen molar-refractivity contribution in [2.24, 2.45) is 0 Å². The number of carbonyl (C=O) groups excluding carboxylic acids is 1. The Balaban J connectivity index is 1.99. The third-order valence-corrected chi connectivity index (χ3v) is 4.69. The lowest BCUT2D eigenvalue weighted by Crippen LogP contribution is -2.53. The maximum absolute atomic E-state index is 12.7. The molecule has 0 spiro atoms. The highest BCUT2D eigenvalue weighted by Gasteiger charge is 2.41. The van der Waals surface area contributed by atoms with Crippen LogP contribution in [0.2, 0.25) is 0 Å². The minimum Gasteiger partial charge on any atom is -0.480 e. The van der Waals surface area contributed by atoms with Crippen LogP contribution in [0.4, 0.5) is 0 Å². The van der Waals surface area contributed by atoms with E-state index in [0.717, 1.165) is 5.56 Å². The number of likely N-dealkylation sites (tertiary alicyclic amines) is 1. The minimum atomic E-state index is -1.09. The van der Waals surface area contributed by atoms with Crippen LogP contribution in [0.5, 0.6) is 0 Å². The average Bonchev–Trinajstić information content (AvgIpc) is 3.08. The summed E-state index contributed by atoms with van der Waals surface area (Å²) in [5.74, 6) is -2.57. The van der Waals surface area contributed by atoms with Crippen LogP contribution in [0.15, 0.2) is 30.3 Å². The van der Waals surface area contributed by atoms with Crippen molar-refractivity contribution in [3.8, 4) is 0 Å². The van der Waals surface area contributed by atoms with E-state index >= 15 is 0 Å². The average molecular weight is 378 g/mol. The number of rotatable bonds is 9. The fraction of sp³-hybridized carbons (Fsp3) is 0.526. The number of hydrogen-bond donors (Lipinski definition) is 3. The van der Waals surface area contributed by atoms with Gasteiger partial charge in [0.1, 0.15) is 12.1 Å². The Morgan fingerprint density at radius 2 is 1.93 bits per heavy atom. The van der Waals surface area contributed by atoms with Crippen LogP contribution >= 0.6 is 0 Å². The Morgan fingerprint density at radius 1 is 1.26 bits per heavy atom. The van der Waals surface area contributed by atoms with E-state index in [1.165, 1.54) is 4.90 Å². The van der Waals surface area contributed by atoms with Gasteiger partial charge in [-0.2, -0.15) is 0 Å². The molecule has 1 amide bonds. The summed E-state index contributed by atoms with van der Waals surface area (Å²) in [6, 6.07) is 6.86. The zero-order valence-corrected chi connectivity index (χ0v) is 15.5. The van der Waals surface area contributed by atoms with E-state index in [-0.39, 0.29) is 19.1 Å². The van der Waals surface area contributed by atoms with Gasteiger partial charge in [0.05, 0.1) is 18.8 Å². The molecule has 1 aromatic carbocycles. The first-order valence-corrected chi connectivity index (χ1v) is 9.01. The molecule has 0 aliphatic carbocycles. The summed E-state index contributed by atoms with van der Waals surface area (Å²) in [7, 11) is 0. The second kappa shape index (κ2) is 9.48. The van der Waals surface area contributed by atoms with E-state index in [4.69, 9.17) is 9.84 Å². The van der Waals surface area contributed by atoms with Gasteiger partial charge in [-0.1, -0.05) is 37.3 Å². The molecule has 1 aliphatic heterocycles. The second-order valence-electron chi connectivity index (χ2n) is 6.69. The van der Waals surface area contributed by atoms with Crippen molar-refractivity contribution in [3.63, 3.8) is 0 Å². The molecular weight excluding hydrogens is 352 g/mol. The van der Waals surface area contributed by atoms with Gasteiger partial charge in [0.25, 0.3) is 0 Å². The molecule has 0 bridgehead atoms. The Kier molecular flexibility index (Phi) is 7.32. The molecule has 1 heterocycles. The van der Waals surface area contributed by atoms with Crippen LogP contribution < -0.4 is 5.32 Å². The molecule has 1 aliphatic rings. The van der Waals surface area contributed by atoms with Crippen LogP contribution in [-0.2, 0) is 25.7 Å². The highest BCUT2D eigenvalue weighted by atomic mass is 16.5. The first-order valence-electron chi connectivity index (χ1n) is 9.01. The number of carboxylic acids is 2. The standard InChI is InChI=1S/C19H26N2O6/c1-3-15(18(23)24)20-12(2)17(22)21-10-14(9-16(21)19(25)26)27-11-13-7-5-4-6-8-13/h4-8,12,14-16,20H,3,9-11H2,1-2H3,(H,23,24)(H,25,26)/t12-,14?,15?,16?/m0/s1. The normalized spacial score (nSPS) is 21.6. The minimum absolute atomic E-state index is 0.165. The van der Waals surface area contributed by atoms with Crippen molar-refractivity contribution in [3.05, 3.63) is 35.9 Å². The highest BCUT2D eigenvalue weighted by molar-refractivity contribution is 5.88. The molecule has 0 radical (unpaired) electrons. The number of carboxylic acid groups (broad SMARTS) is 2. The van der Waals surface area contributed by atoms with Crippen molar-refractivity contribution < 1.29 is 29.3 Å². The molecular formula is C19H26N2O6. The molecule has 2 rings (SSSR count). The molecule has 27 heavy (non-hydrogen) atoms. The van der Waals surface area contributed by atoms with Gasteiger partial charge in [0.15, 0.2) is 0 Å². The smallest absolute Gasteiger partial charge is 0.326 e. The monoisotopic (exact) mass is 378 g/mol. The molecule has 8 nitrogen and oxygen atoms in total. The van der Waals surface area contributed by atoms with Crippen LogP contribution in [0.3, 0.4) is 0 Å². The molecule has 1 fully saturated rings. The molecule has 1 aromatic rings. The topological polar surface area (TPSA) is 116 Å². The van der Waals surface area contributed by atoms with Gasteiger partial charge in [-0.3, -0.25) is 14.9 Å². The third kappa shape index (κ3) is 5.51. The van der Waals surface area contributed by atoms with Crippen molar-refractivity contribution in [2.45, 2.75) is 57.5 Å². The predicted molar refractivity (Wildman–Crippen MR) is 97.1 cm³/mol. The number of nitrogens with one attached hydrogen (secondary N) is 1. The SMILES string of the molecule is CCC(N[C@@H](C)C(=O)N1CC(OCc2ccccc2)CC1C(=O)O)C(=O)O. The quantitative estimate of drug-likeness (QED) is 0.589. The first-order chi connectivity index (χ1) is 12.8. The van der Waals surface area contributed by atoms with E-state index in [0.29, 0.717) is 13.0 Å². The molecule has 3 unspecified atom stereocenters. The third-order valence-electron chi connectivity index (χ3n) is 4.69. The van der Waals surface area contributed by atoms with Gasteiger partial charge in [-0.15, -0.1) is 0 Å². The number of amides is 1. The van der Waals surface area contributed by atoms with Gasteiger partial charge in [0.2, 0.25) is 5.91 Å². The van der Waals surface area contributed by atoms with Gasteiger partial charge in [0, 0.05) is 13.0 Å². The Morgan fingerprint density at radius 3 is 2.48 bits per heavy atom. The molecule has 4 atom stereocenters. The van der Waals surface area contributed by atoms with Crippen molar-refractivity contribution in [1.82, 2.24) is 10.2 Å². The molecule has 8 heteroatoms. The van der Waals surface area contributed by atoms with E-state index in [1.807, 2.05) is 30.3 Å². The van der Waals surface area contributed by atoms with E-state index in [1.54, 1.807) is 13.8 Å². The number of hydrogen-bond acceptors (Lipinski definition) is 5. The summed E-state index contributed by atoms with van der Waals surface area (Å²) < 4.78 is 5.80. The summed E-state index contributed by atoms with van der Waals surface area (Å²) in [5, 5.41) is 21.3. The van der Waals surface area contributed by atoms with E-state index < -0.39 is 36.0 Å². The summed E-state index contributed by atoms with van der Waals surface area (Å²) >= 11 is 0. The van der Waals surface area contributed by atoms with E-state index in [9.17, 15) is 19.5 Å². The predicted octanol–water partition coefficient (Wildman–Crippen LogP) is 1.10. The van der Waals surface area contributed by atoms with Crippen molar-refractivity contribution in [2.75, 3.05) is 6.54 Å². The summed E-state index contributed by atoms with van der Waals surface area (Å²) in [4.78, 5) is 36.7. The van der Waals surface area contributed by atoms with Crippen LogP contribution in [0.25, 0.3) is 0 Å².